The van der Waals surface area contributed by atoms with Gasteiger partial charge in [0, 0.05) is 0 Å². The Balaban J connectivity index is -0.000000569. The molecule has 0 atom stereocenters. The summed E-state index contributed by atoms with van der Waals surface area (Å²) in [5, 5.41) is -14.2. The third kappa shape index (κ3) is 6.77. The normalized spacial score (nSPS) is 15.7. The minimum absolute atomic E-state index is 0. The minimum Gasteiger partial charge on any atom is -0.743 e. The Hall–Kier alpha value is 0.131. The number of halogens is 18. The maximum Gasteiger partial charge on any atom is 2.00 e. The van der Waals surface area contributed by atoms with Crippen LogP contribution in [0.1, 0.15) is 0 Å². The molecular formula is C8BaF18O6S2. The summed E-state index contributed by atoms with van der Waals surface area (Å²) in [6, 6.07) is 0. The topological polar surface area (TPSA) is 114 Å². The summed E-state index contributed by atoms with van der Waals surface area (Å²) in [6.45, 7) is 0. The van der Waals surface area contributed by atoms with Crippen LogP contribution in [0.2, 0.25) is 0 Å². The Bertz CT molecular complexity index is 870. The van der Waals surface area contributed by atoms with E-state index in [0.717, 1.165) is 0 Å². The van der Waals surface area contributed by atoms with Crippen LogP contribution in [0.4, 0.5) is 79.0 Å². The molecule has 208 valence electrons. The van der Waals surface area contributed by atoms with Gasteiger partial charge < -0.3 is 9.11 Å². The quantitative estimate of drug-likeness (QED) is 0.235. The van der Waals surface area contributed by atoms with E-state index in [9.17, 15) is 105 Å². The monoisotopic (exact) mass is 736 g/mol. The van der Waals surface area contributed by atoms with Gasteiger partial charge in [0.1, 0.15) is 0 Å². The molecule has 0 spiro atoms. The van der Waals surface area contributed by atoms with Gasteiger partial charge in [-0.15, -0.1) is 0 Å². The van der Waals surface area contributed by atoms with Crippen molar-refractivity contribution >= 4 is 69.1 Å². The fourth-order valence-electron chi connectivity index (χ4n) is 1.04. The maximum atomic E-state index is 12.2. The van der Waals surface area contributed by atoms with Gasteiger partial charge in [-0.2, -0.15) is 79.0 Å². The first-order valence-electron chi connectivity index (χ1n) is 6.31. The van der Waals surface area contributed by atoms with Gasteiger partial charge in [-0.3, -0.25) is 0 Å². The second-order valence-electron chi connectivity index (χ2n) is 5.23. The van der Waals surface area contributed by atoms with Crippen molar-refractivity contribution in [2.45, 2.75) is 46.6 Å². The molecule has 0 heterocycles. The Kier molecular flexibility index (Phi) is 11.7. The van der Waals surface area contributed by atoms with Gasteiger partial charge in [0.2, 0.25) is 0 Å². The number of alkyl halides is 18. The molecule has 0 aromatic rings. The largest absolute Gasteiger partial charge is 2.00 e. The summed E-state index contributed by atoms with van der Waals surface area (Å²) < 4.78 is 271. The van der Waals surface area contributed by atoms with E-state index in [1.807, 2.05) is 0 Å². The third-order valence-corrected chi connectivity index (χ3v) is 4.63. The second-order valence-corrected chi connectivity index (χ2v) is 8.08. The molecule has 0 unspecified atom stereocenters. The van der Waals surface area contributed by atoms with E-state index in [0.29, 0.717) is 0 Å². The van der Waals surface area contributed by atoms with E-state index in [2.05, 4.69) is 0 Å². The van der Waals surface area contributed by atoms with Gasteiger partial charge in [0.15, 0.2) is 20.2 Å². The molecule has 0 aliphatic carbocycles. The van der Waals surface area contributed by atoms with Crippen molar-refractivity contribution in [3.63, 3.8) is 0 Å². The van der Waals surface area contributed by atoms with Crippen LogP contribution in [-0.4, -0.2) is 121 Å². The third-order valence-electron chi connectivity index (χ3n) is 2.86. The minimum atomic E-state index is -7.43. The van der Waals surface area contributed by atoms with Crippen LogP contribution in [0.3, 0.4) is 0 Å². The predicted molar refractivity (Wildman–Crippen MR) is 66.9 cm³/mol. The van der Waals surface area contributed by atoms with Crippen LogP contribution in [0.5, 0.6) is 0 Å². The molecule has 0 bridgehead atoms. The fraction of sp³-hybridized carbons (Fsp3) is 1.00. The summed E-state index contributed by atoms with van der Waals surface area (Å²) in [7, 11) is -14.8. The first kappa shape index (κ1) is 39.6. The van der Waals surface area contributed by atoms with Gasteiger partial charge in [-0.1, -0.05) is 0 Å². The Morgan fingerprint density at radius 1 is 0.371 bits per heavy atom. The van der Waals surface area contributed by atoms with Gasteiger partial charge in [-0.05, 0) is 0 Å². The summed E-state index contributed by atoms with van der Waals surface area (Å²) in [6.07, 6.45) is -14.3. The van der Waals surface area contributed by atoms with Gasteiger partial charge >= 0.3 is 95.4 Å². The molecule has 0 aliphatic rings. The average Bonchev–Trinajstić information content (AvgIpc) is 2.50. The van der Waals surface area contributed by atoms with Crippen molar-refractivity contribution in [3.05, 3.63) is 0 Å². The first-order valence-corrected chi connectivity index (χ1v) is 9.13. The molecule has 0 fully saturated rings. The molecule has 0 N–H and O–H groups in total. The van der Waals surface area contributed by atoms with Crippen LogP contribution < -0.4 is 0 Å². The van der Waals surface area contributed by atoms with Gasteiger partial charge in [0.05, 0.1) is 0 Å². The standard InChI is InChI=1S/2C4HF9O3S.Ba/c2*5-1(6,3(9,10)11)2(7,8)4(12,13)17(14,15)16;/h2*(H,14,15,16);/q;;+2/p-2. The van der Waals surface area contributed by atoms with E-state index in [4.69, 9.17) is 0 Å². The maximum absolute atomic E-state index is 12.2. The summed E-state index contributed by atoms with van der Waals surface area (Å²) in [5.41, 5.74) is 0. The zero-order valence-corrected chi connectivity index (χ0v) is 20.9. The van der Waals surface area contributed by atoms with Crippen molar-refractivity contribution in [2.75, 3.05) is 0 Å². The van der Waals surface area contributed by atoms with Crippen molar-refractivity contribution < 1.29 is 105 Å². The molecule has 6 nitrogen and oxygen atoms in total. The molecular weight excluding hydrogens is 736 g/mol. The van der Waals surface area contributed by atoms with Gasteiger partial charge in [0.25, 0.3) is 0 Å². The molecule has 0 saturated carbocycles. The fourth-order valence-corrected chi connectivity index (χ4v) is 1.92. The van der Waals surface area contributed by atoms with E-state index >= 15 is 0 Å². The average molecular weight is 736 g/mol. The van der Waals surface area contributed by atoms with E-state index in [1.54, 1.807) is 0 Å². The van der Waals surface area contributed by atoms with Crippen molar-refractivity contribution in [3.8, 4) is 0 Å². The van der Waals surface area contributed by atoms with Crippen LogP contribution in [-0.2, 0) is 20.2 Å². The van der Waals surface area contributed by atoms with Crippen molar-refractivity contribution in [1.29, 1.82) is 0 Å². The summed E-state index contributed by atoms with van der Waals surface area (Å²) in [5.74, 6) is -29.6. The smallest absolute Gasteiger partial charge is 0.743 e. The van der Waals surface area contributed by atoms with Crippen LogP contribution in [0.25, 0.3) is 0 Å². The van der Waals surface area contributed by atoms with E-state index < -0.39 is 66.8 Å². The molecule has 0 radical (unpaired) electrons. The molecule has 0 aliphatic heterocycles. The predicted octanol–water partition coefficient (Wildman–Crippen LogP) is 3.53. The van der Waals surface area contributed by atoms with Crippen LogP contribution >= 0.6 is 0 Å². The SMILES string of the molecule is O=S(=O)([O-])C(F)(F)C(F)(F)C(F)(F)C(F)(F)F.O=S(=O)([O-])C(F)(F)C(F)(F)C(F)(F)C(F)(F)F.[Ba+2]. The molecule has 0 saturated heterocycles. The Labute approximate surface area is 219 Å². The molecule has 0 rings (SSSR count). The number of rotatable bonds is 6. The van der Waals surface area contributed by atoms with E-state index in [1.165, 1.54) is 0 Å². The molecule has 35 heavy (non-hydrogen) atoms. The first-order chi connectivity index (χ1) is 14.0. The Morgan fingerprint density at radius 2 is 0.514 bits per heavy atom. The molecule has 0 amide bonds. The molecule has 27 heteroatoms. The van der Waals surface area contributed by atoms with E-state index in [-0.39, 0.29) is 48.9 Å². The zero-order chi connectivity index (χ0) is 29.0. The second kappa shape index (κ2) is 10.4. The van der Waals surface area contributed by atoms with Crippen molar-refractivity contribution in [1.82, 2.24) is 0 Å². The van der Waals surface area contributed by atoms with Crippen LogP contribution in [0.15, 0.2) is 0 Å². The van der Waals surface area contributed by atoms with Crippen molar-refractivity contribution in [2.24, 2.45) is 0 Å². The zero-order valence-electron chi connectivity index (χ0n) is 14.8. The summed E-state index contributed by atoms with van der Waals surface area (Å²) in [4.78, 5) is 0. The molecule has 0 aromatic carbocycles. The Morgan fingerprint density at radius 3 is 0.600 bits per heavy atom. The van der Waals surface area contributed by atoms with Crippen LogP contribution in [0, 0.1) is 0 Å². The number of hydrogen-bond donors (Lipinski definition) is 0. The molecule has 0 aromatic heterocycles. The number of hydrogen-bond acceptors (Lipinski definition) is 6. The van der Waals surface area contributed by atoms with Gasteiger partial charge in [-0.25, -0.2) is 16.8 Å². The summed E-state index contributed by atoms with van der Waals surface area (Å²) >= 11 is 0.